The highest BCUT2D eigenvalue weighted by molar-refractivity contribution is 6.17. The maximum atomic E-state index is 10.9. The molecule has 0 saturated heterocycles. The van der Waals surface area contributed by atoms with Crippen molar-refractivity contribution in [1.29, 1.82) is 5.26 Å². The number of nitrogens with zero attached hydrogens (tertiary/aromatic N) is 1. The molecule has 0 aliphatic rings. The van der Waals surface area contributed by atoms with Gasteiger partial charge in [-0.25, -0.2) is 4.79 Å². The van der Waals surface area contributed by atoms with E-state index in [0.29, 0.717) is 5.56 Å². The topological polar surface area (TPSA) is 70.3 Å². The average Bonchev–Trinajstić information content (AvgIpc) is 2.26. The Morgan fingerprint density at radius 1 is 1.67 bits per heavy atom. The summed E-state index contributed by atoms with van der Waals surface area (Å²) in [5, 5.41) is 17.7. The molecule has 0 fully saturated rings. The van der Waals surface area contributed by atoms with Crippen molar-refractivity contribution in [2.45, 2.75) is 5.88 Å². The normalized spacial score (nSPS) is 9.40. The van der Waals surface area contributed by atoms with Crippen LogP contribution in [0.1, 0.15) is 21.5 Å². The molecule has 0 aliphatic carbocycles. The third-order valence-corrected chi connectivity index (χ3v) is 2.21. The van der Waals surface area contributed by atoms with Crippen molar-refractivity contribution < 1.29 is 14.6 Å². The van der Waals surface area contributed by atoms with Gasteiger partial charge in [-0.2, -0.15) is 5.26 Å². The Morgan fingerprint density at radius 2 is 2.33 bits per heavy atom. The lowest BCUT2D eigenvalue weighted by Gasteiger charge is -2.07. The quantitative estimate of drug-likeness (QED) is 0.799. The van der Waals surface area contributed by atoms with Crippen molar-refractivity contribution in [3.8, 4) is 11.8 Å². The molecule has 0 bridgehead atoms. The molecule has 78 valence electrons. The lowest BCUT2D eigenvalue weighted by atomic mass is 10.0. The third kappa shape index (κ3) is 2.20. The van der Waals surface area contributed by atoms with Gasteiger partial charge in [-0.1, -0.05) is 0 Å². The van der Waals surface area contributed by atoms with E-state index in [-0.39, 0.29) is 22.8 Å². The van der Waals surface area contributed by atoms with E-state index in [2.05, 4.69) is 0 Å². The SMILES string of the molecule is COc1cc(C(=O)O)c(CCl)cc1C#N. The van der Waals surface area contributed by atoms with Crippen LogP contribution in [0.3, 0.4) is 0 Å². The molecule has 0 aliphatic heterocycles. The molecule has 0 atom stereocenters. The molecule has 15 heavy (non-hydrogen) atoms. The molecule has 0 amide bonds. The van der Waals surface area contributed by atoms with Crippen molar-refractivity contribution in [2.24, 2.45) is 0 Å². The monoisotopic (exact) mass is 225 g/mol. The van der Waals surface area contributed by atoms with Crippen molar-refractivity contribution in [3.05, 3.63) is 28.8 Å². The predicted molar refractivity (Wildman–Crippen MR) is 54.2 cm³/mol. The second-order valence-corrected chi connectivity index (χ2v) is 3.03. The molecule has 0 heterocycles. The number of alkyl halides is 1. The first kappa shape index (κ1) is 11.3. The maximum Gasteiger partial charge on any atom is 0.336 e. The lowest BCUT2D eigenvalue weighted by molar-refractivity contribution is 0.0695. The zero-order valence-corrected chi connectivity index (χ0v) is 8.71. The van der Waals surface area contributed by atoms with Crippen LogP contribution in [-0.4, -0.2) is 18.2 Å². The molecule has 0 radical (unpaired) electrons. The molecule has 5 heteroatoms. The summed E-state index contributed by atoms with van der Waals surface area (Å²) < 4.78 is 4.90. The average molecular weight is 226 g/mol. The van der Waals surface area contributed by atoms with E-state index in [1.807, 2.05) is 6.07 Å². The largest absolute Gasteiger partial charge is 0.495 e. The Morgan fingerprint density at radius 3 is 2.73 bits per heavy atom. The van der Waals surface area contributed by atoms with Gasteiger partial charge >= 0.3 is 5.97 Å². The van der Waals surface area contributed by atoms with Crippen LogP contribution in [0, 0.1) is 11.3 Å². The number of methoxy groups -OCH3 is 1. The summed E-state index contributed by atoms with van der Waals surface area (Å²) in [7, 11) is 1.38. The second-order valence-electron chi connectivity index (χ2n) is 2.76. The van der Waals surface area contributed by atoms with Gasteiger partial charge in [0.15, 0.2) is 0 Å². The Kier molecular flexibility index (Phi) is 3.53. The van der Waals surface area contributed by atoms with E-state index in [1.54, 1.807) is 0 Å². The number of aromatic carboxylic acids is 1. The van der Waals surface area contributed by atoms with Crippen LogP contribution in [0.4, 0.5) is 0 Å². The van der Waals surface area contributed by atoms with Gasteiger partial charge in [-0.3, -0.25) is 0 Å². The number of halogens is 1. The molecule has 1 rings (SSSR count). The van der Waals surface area contributed by atoms with Gasteiger partial charge in [0.1, 0.15) is 11.8 Å². The minimum atomic E-state index is -1.09. The first-order valence-electron chi connectivity index (χ1n) is 4.04. The predicted octanol–water partition coefficient (Wildman–Crippen LogP) is 2.00. The van der Waals surface area contributed by atoms with Crippen LogP contribution in [0.2, 0.25) is 0 Å². The summed E-state index contributed by atoms with van der Waals surface area (Å²) in [5.74, 6) is -0.808. The van der Waals surface area contributed by atoms with Gasteiger partial charge in [-0.05, 0) is 17.7 Å². The number of benzene rings is 1. The van der Waals surface area contributed by atoms with Crippen LogP contribution in [-0.2, 0) is 5.88 Å². The maximum absolute atomic E-state index is 10.9. The fourth-order valence-electron chi connectivity index (χ4n) is 1.19. The molecule has 0 unspecified atom stereocenters. The molecule has 4 nitrogen and oxygen atoms in total. The fourth-order valence-corrected chi connectivity index (χ4v) is 1.41. The van der Waals surface area contributed by atoms with Crippen LogP contribution in [0.5, 0.6) is 5.75 Å². The number of rotatable bonds is 3. The second kappa shape index (κ2) is 4.67. The van der Waals surface area contributed by atoms with Gasteiger partial charge in [0, 0.05) is 5.88 Å². The molecule has 1 aromatic rings. The van der Waals surface area contributed by atoms with Crippen molar-refractivity contribution in [2.75, 3.05) is 7.11 Å². The van der Waals surface area contributed by atoms with E-state index in [1.165, 1.54) is 19.2 Å². The van der Waals surface area contributed by atoms with Crippen LogP contribution in [0.25, 0.3) is 0 Å². The number of hydrogen-bond donors (Lipinski definition) is 1. The van der Waals surface area contributed by atoms with Crippen molar-refractivity contribution in [3.63, 3.8) is 0 Å². The first-order chi connectivity index (χ1) is 7.13. The van der Waals surface area contributed by atoms with Crippen LogP contribution >= 0.6 is 11.6 Å². The van der Waals surface area contributed by atoms with Crippen molar-refractivity contribution in [1.82, 2.24) is 0 Å². The van der Waals surface area contributed by atoms with Gasteiger partial charge in [-0.15, -0.1) is 11.6 Å². The molecule has 0 aromatic heterocycles. The van der Waals surface area contributed by atoms with Gasteiger partial charge in [0.05, 0.1) is 18.2 Å². The molecule has 1 aromatic carbocycles. The number of carboxylic acids is 1. The number of ether oxygens (including phenoxy) is 1. The summed E-state index contributed by atoms with van der Waals surface area (Å²) in [5.41, 5.74) is 0.737. The summed E-state index contributed by atoms with van der Waals surface area (Å²) in [4.78, 5) is 10.9. The van der Waals surface area contributed by atoms with E-state index in [4.69, 9.17) is 26.7 Å². The number of carbonyl (C=O) groups is 1. The highest BCUT2D eigenvalue weighted by Crippen LogP contribution is 2.24. The van der Waals surface area contributed by atoms with E-state index < -0.39 is 5.97 Å². The third-order valence-electron chi connectivity index (χ3n) is 1.92. The summed E-state index contributed by atoms with van der Waals surface area (Å²) in [6.45, 7) is 0. The zero-order chi connectivity index (χ0) is 11.4. The van der Waals surface area contributed by atoms with Gasteiger partial charge < -0.3 is 9.84 Å². The van der Waals surface area contributed by atoms with Gasteiger partial charge in [0.25, 0.3) is 0 Å². The van der Waals surface area contributed by atoms with E-state index >= 15 is 0 Å². The van der Waals surface area contributed by atoms with Gasteiger partial charge in [0.2, 0.25) is 0 Å². The highest BCUT2D eigenvalue weighted by atomic mass is 35.5. The Labute approximate surface area is 91.7 Å². The summed E-state index contributed by atoms with van der Waals surface area (Å²) in [6, 6.07) is 4.64. The molecule has 0 saturated carbocycles. The molecular weight excluding hydrogens is 218 g/mol. The Bertz CT molecular complexity index is 437. The standard InChI is InChI=1S/C10H8ClNO3/c1-15-9-3-8(10(13)14)6(4-11)2-7(9)5-12/h2-3H,4H2,1H3,(H,13,14). The van der Waals surface area contributed by atoms with E-state index in [0.717, 1.165) is 0 Å². The van der Waals surface area contributed by atoms with Crippen molar-refractivity contribution >= 4 is 17.6 Å². The minimum absolute atomic E-state index is 0.0420. The number of carboxylic acid groups (broad SMARTS) is 1. The Hall–Kier alpha value is -1.73. The van der Waals surface area contributed by atoms with Crippen LogP contribution < -0.4 is 4.74 Å². The zero-order valence-electron chi connectivity index (χ0n) is 7.95. The Balaban J connectivity index is 3.42. The highest BCUT2D eigenvalue weighted by Gasteiger charge is 2.14. The smallest absolute Gasteiger partial charge is 0.336 e. The number of nitriles is 1. The molecular formula is C10H8ClNO3. The van der Waals surface area contributed by atoms with E-state index in [9.17, 15) is 4.79 Å². The summed E-state index contributed by atoms with van der Waals surface area (Å²) >= 11 is 5.59. The van der Waals surface area contributed by atoms with Crippen LogP contribution in [0.15, 0.2) is 12.1 Å². The summed E-state index contributed by atoms with van der Waals surface area (Å²) in [6.07, 6.45) is 0. The lowest BCUT2D eigenvalue weighted by Crippen LogP contribution is -2.03. The first-order valence-corrected chi connectivity index (χ1v) is 4.57. The molecule has 1 N–H and O–H groups in total. The minimum Gasteiger partial charge on any atom is -0.495 e. The molecule has 0 spiro atoms. The fraction of sp³-hybridized carbons (Fsp3) is 0.200. The number of hydrogen-bond acceptors (Lipinski definition) is 3.